The van der Waals surface area contributed by atoms with Crippen LogP contribution in [0.5, 0.6) is 0 Å². The first-order valence-corrected chi connectivity index (χ1v) is 9.64. The van der Waals surface area contributed by atoms with Gasteiger partial charge < -0.3 is 0 Å². The predicted molar refractivity (Wildman–Crippen MR) is 103 cm³/mol. The van der Waals surface area contributed by atoms with Crippen LogP contribution in [0, 0.1) is 0 Å². The molecule has 0 aliphatic rings. The molecule has 2 N–H and O–H groups in total. The third-order valence-electron chi connectivity index (χ3n) is 3.66. The summed E-state index contributed by atoms with van der Waals surface area (Å²) in [6.07, 6.45) is 1.51. The monoisotopic (exact) mass is 373 g/mol. The van der Waals surface area contributed by atoms with E-state index in [2.05, 4.69) is 36.0 Å². The molecule has 2 rings (SSSR count). The predicted octanol–water partition coefficient (Wildman–Crippen LogP) is 2.41. The molecule has 2 aromatic rings. The quantitative estimate of drug-likeness (QED) is 0.602. The summed E-state index contributed by atoms with van der Waals surface area (Å²) >= 11 is 0. The number of nitrogens with one attached hydrogen (secondary N) is 2. The molecule has 0 spiro atoms. The van der Waals surface area contributed by atoms with Crippen LogP contribution in [0.3, 0.4) is 0 Å². The average molecular weight is 373 g/mol. The maximum absolute atomic E-state index is 12.0. The Balaban J connectivity index is 1.86. The minimum Gasteiger partial charge on any atom is -0.272 e. The average Bonchev–Trinajstić information content (AvgIpc) is 2.60. The highest BCUT2D eigenvalue weighted by molar-refractivity contribution is 7.89. The molecule has 0 fully saturated rings. The Morgan fingerprint density at radius 2 is 1.65 bits per heavy atom. The maximum atomic E-state index is 12.0. The van der Waals surface area contributed by atoms with E-state index in [1.54, 1.807) is 18.2 Å². The Morgan fingerprint density at radius 3 is 2.23 bits per heavy atom. The van der Waals surface area contributed by atoms with Gasteiger partial charge in [0.15, 0.2) is 0 Å². The first kappa shape index (κ1) is 19.8. The van der Waals surface area contributed by atoms with E-state index in [1.165, 1.54) is 23.9 Å². The molecule has 7 heteroatoms. The van der Waals surface area contributed by atoms with Crippen molar-refractivity contribution in [3.63, 3.8) is 0 Å². The molecule has 26 heavy (non-hydrogen) atoms. The number of hydrazone groups is 1. The van der Waals surface area contributed by atoms with Gasteiger partial charge in [-0.1, -0.05) is 63.2 Å². The lowest BCUT2D eigenvalue weighted by atomic mass is 9.87. The highest BCUT2D eigenvalue weighted by Crippen LogP contribution is 2.21. The van der Waals surface area contributed by atoms with Crippen LogP contribution in [-0.4, -0.2) is 27.1 Å². The fourth-order valence-corrected chi connectivity index (χ4v) is 3.13. The van der Waals surface area contributed by atoms with Crippen molar-refractivity contribution in [1.82, 2.24) is 10.1 Å². The van der Waals surface area contributed by atoms with Gasteiger partial charge in [-0.15, -0.1) is 0 Å². The van der Waals surface area contributed by atoms with Gasteiger partial charge in [0.1, 0.15) is 0 Å². The summed E-state index contributed by atoms with van der Waals surface area (Å²) in [4.78, 5) is 11.9. The minimum atomic E-state index is -3.71. The van der Waals surface area contributed by atoms with Gasteiger partial charge in [-0.25, -0.2) is 18.6 Å². The van der Waals surface area contributed by atoms with Crippen LogP contribution in [0.25, 0.3) is 0 Å². The molecule has 6 nitrogen and oxygen atoms in total. The van der Waals surface area contributed by atoms with Crippen molar-refractivity contribution in [2.75, 3.05) is 6.54 Å². The van der Waals surface area contributed by atoms with E-state index in [-0.39, 0.29) is 10.3 Å². The van der Waals surface area contributed by atoms with Crippen molar-refractivity contribution in [2.45, 2.75) is 31.1 Å². The van der Waals surface area contributed by atoms with Crippen LogP contribution in [0.15, 0.2) is 64.6 Å². The van der Waals surface area contributed by atoms with Crippen molar-refractivity contribution in [3.8, 4) is 0 Å². The number of carbonyl (C=O) groups excluding carboxylic acids is 1. The van der Waals surface area contributed by atoms with E-state index < -0.39 is 22.5 Å². The van der Waals surface area contributed by atoms with Crippen LogP contribution in [-0.2, 0) is 20.2 Å². The molecule has 0 bridgehead atoms. The molecule has 0 aliphatic carbocycles. The van der Waals surface area contributed by atoms with Crippen LogP contribution >= 0.6 is 0 Å². The number of benzene rings is 2. The Labute approximate surface area is 154 Å². The minimum absolute atomic E-state index is 0.0692. The molecule has 1 amide bonds. The number of amides is 1. The van der Waals surface area contributed by atoms with E-state index in [0.717, 1.165) is 5.56 Å². The zero-order chi connectivity index (χ0) is 19.2. The van der Waals surface area contributed by atoms with Gasteiger partial charge in [-0.2, -0.15) is 5.10 Å². The third kappa shape index (κ3) is 5.79. The largest absolute Gasteiger partial charge is 0.272 e. The summed E-state index contributed by atoms with van der Waals surface area (Å²) in [5, 5.41) is 3.85. The lowest BCUT2D eigenvalue weighted by molar-refractivity contribution is -0.119. The molecule has 0 radical (unpaired) electrons. The van der Waals surface area contributed by atoms with Gasteiger partial charge in [0, 0.05) is 0 Å². The van der Waals surface area contributed by atoms with E-state index >= 15 is 0 Å². The Kier molecular flexibility index (Phi) is 6.28. The standard InChI is InChI=1S/C19H23N3O3S/c1-19(2,3)16-11-9-15(10-12-16)13-20-22-18(23)14-21-26(24,25)17-7-5-4-6-8-17/h4-13,21H,14H2,1-3H3,(H,22,23)/b20-13-. The number of hydrogen-bond acceptors (Lipinski definition) is 4. The first-order valence-electron chi connectivity index (χ1n) is 8.16. The SMILES string of the molecule is CC(C)(C)c1ccc(/C=N\NC(=O)CNS(=O)(=O)c2ccccc2)cc1. The summed E-state index contributed by atoms with van der Waals surface area (Å²) in [6.45, 7) is 6.00. The van der Waals surface area contributed by atoms with Crippen LogP contribution < -0.4 is 10.1 Å². The number of hydrogen-bond donors (Lipinski definition) is 2. The third-order valence-corrected chi connectivity index (χ3v) is 5.07. The number of carbonyl (C=O) groups is 1. The molecule has 0 unspecified atom stereocenters. The molecule has 138 valence electrons. The summed E-state index contributed by atoms with van der Waals surface area (Å²) in [5.74, 6) is -0.549. The van der Waals surface area contributed by atoms with Crippen molar-refractivity contribution in [2.24, 2.45) is 5.10 Å². The zero-order valence-electron chi connectivity index (χ0n) is 15.1. The highest BCUT2D eigenvalue weighted by Gasteiger charge is 2.14. The van der Waals surface area contributed by atoms with E-state index in [1.807, 2.05) is 24.3 Å². The summed E-state index contributed by atoms with van der Waals surface area (Å²) in [5.41, 5.74) is 4.41. The van der Waals surface area contributed by atoms with Gasteiger partial charge in [0.2, 0.25) is 10.0 Å². The normalized spacial score (nSPS) is 12.3. The van der Waals surface area contributed by atoms with Crippen LogP contribution in [0.1, 0.15) is 31.9 Å². The van der Waals surface area contributed by atoms with Gasteiger partial charge in [-0.05, 0) is 28.7 Å². The molecule has 2 aromatic carbocycles. The summed E-state index contributed by atoms with van der Waals surface area (Å²) in [6, 6.07) is 15.7. The molecule has 0 heterocycles. The Hall–Kier alpha value is -2.51. The van der Waals surface area contributed by atoms with Gasteiger partial charge in [0.25, 0.3) is 5.91 Å². The Morgan fingerprint density at radius 1 is 1.04 bits per heavy atom. The van der Waals surface area contributed by atoms with Crippen molar-refractivity contribution >= 4 is 22.1 Å². The van der Waals surface area contributed by atoms with Crippen LogP contribution in [0.4, 0.5) is 0 Å². The maximum Gasteiger partial charge on any atom is 0.255 e. The fourth-order valence-electron chi connectivity index (χ4n) is 2.13. The fraction of sp³-hybridized carbons (Fsp3) is 0.263. The van der Waals surface area contributed by atoms with Gasteiger partial charge >= 0.3 is 0 Å². The lowest BCUT2D eigenvalue weighted by Crippen LogP contribution is -2.34. The van der Waals surface area contributed by atoms with E-state index in [4.69, 9.17) is 0 Å². The zero-order valence-corrected chi connectivity index (χ0v) is 15.9. The number of nitrogens with zero attached hydrogens (tertiary/aromatic N) is 1. The second kappa shape index (κ2) is 8.25. The molecule has 0 atom stereocenters. The summed E-state index contributed by atoms with van der Waals surface area (Å²) in [7, 11) is -3.71. The van der Waals surface area contributed by atoms with Crippen molar-refractivity contribution < 1.29 is 13.2 Å². The first-order chi connectivity index (χ1) is 12.2. The van der Waals surface area contributed by atoms with Crippen molar-refractivity contribution in [1.29, 1.82) is 0 Å². The number of sulfonamides is 1. The lowest BCUT2D eigenvalue weighted by Gasteiger charge is -2.18. The van der Waals surface area contributed by atoms with Gasteiger partial charge in [0.05, 0.1) is 17.7 Å². The summed E-state index contributed by atoms with van der Waals surface area (Å²) < 4.78 is 26.3. The molecule has 0 aliphatic heterocycles. The molecule has 0 saturated heterocycles. The molecule has 0 saturated carbocycles. The highest BCUT2D eigenvalue weighted by atomic mass is 32.2. The second-order valence-electron chi connectivity index (χ2n) is 6.80. The van der Waals surface area contributed by atoms with Crippen molar-refractivity contribution in [3.05, 3.63) is 65.7 Å². The Bertz CT molecular complexity index is 868. The van der Waals surface area contributed by atoms with Gasteiger partial charge in [-0.3, -0.25) is 4.79 Å². The molecule has 0 aromatic heterocycles. The molecular weight excluding hydrogens is 350 g/mol. The number of rotatable bonds is 6. The van der Waals surface area contributed by atoms with Crippen LogP contribution in [0.2, 0.25) is 0 Å². The smallest absolute Gasteiger partial charge is 0.255 e. The topological polar surface area (TPSA) is 87.6 Å². The van der Waals surface area contributed by atoms with E-state index in [9.17, 15) is 13.2 Å². The molecular formula is C19H23N3O3S. The second-order valence-corrected chi connectivity index (χ2v) is 8.57. The van der Waals surface area contributed by atoms with E-state index in [0.29, 0.717) is 0 Å².